The number of carbonyl (C=O) groups is 1. The van der Waals surface area contributed by atoms with Gasteiger partial charge in [0.15, 0.2) is 0 Å². The number of rotatable bonds is 8. The van der Waals surface area contributed by atoms with E-state index in [1.165, 1.54) is 0 Å². The van der Waals surface area contributed by atoms with E-state index in [1.807, 2.05) is 56.0 Å². The van der Waals surface area contributed by atoms with Crippen LogP contribution in [0.3, 0.4) is 0 Å². The number of methoxy groups -OCH3 is 1. The number of nitrogens with one attached hydrogen (secondary N) is 1. The highest BCUT2D eigenvalue weighted by atomic mass is 16.5. The Bertz CT molecular complexity index is 711. The molecule has 0 unspecified atom stereocenters. The Hall–Kier alpha value is -2.50. The summed E-state index contributed by atoms with van der Waals surface area (Å²) in [7, 11) is 3.47. The number of hydrogen-bond donors (Lipinski definition) is 1. The summed E-state index contributed by atoms with van der Waals surface area (Å²) in [6.45, 7) is 7.42. The highest BCUT2D eigenvalue weighted by Crippen LogP contribution is 2.19. The molecular formula is C19H28N4O2. The molecule has 0 saturated carbocycles. The van der Waals surface area contributed by atoms with Crippen molar-refractivity contribution in [2.24, 2.45) is 0 Å². The first-order valence-electron chi connectivity index (χ1n) is 8.66. The Balaban J connectivity index is 2.05. The van der Waals surface area contributed by atoms with Gasteiger partial charge in [-0.25, -0.2) is 0 Å². The van der Waals surface area contributed by atoms with E-state index in [4.69, 9.17) is 4.74 Å². The molecule has 0 bridgehead atoms. The molecule has 2 aromatic rings. The molecule has 25 heavy (non-hydrogen) atoms. The van der Waals surface area contributed by atoms with Gasteiger partial charge in [0, 0.05) is 43.7 Å². The number of likely N-dealkylation sites (N-methyl/N-ethyl adjacent to an activating group) is 1. The maximum atomic E-state index is 12.8. The van der Waals surface area contributed by atoms with Crippen LogP contribution in [0.15, 0.2) is 30.5 Å². The van der Waals surface area contributed by atoms with E-state index < -0.39 is 0 Å². The quantitative estimate of drug-likeness (QED) is 0.799. The van der Waals surface area contributed by atoms with Gasteiger partial charge in [-0.15, -0.1) is 0 Å². The lowest BCUT2D eigenvalue weighted by Crippen LogP contribution is -2.40. The van der Waals surface area contributed by atoms with Gasteiger partial charge >= 0.3 is 0 Å². The summed E-state index contributed by atoms with van der Waals surface area (Å²) < 4.78 is 7.14. The van der Waals surface area contributed by atoms with Gasteiger partial charge in [-0.05, 0) is 32.4 Å². The molecule has 0 spiro atoms. The molecule has 1 atom stereocenters. The third-order valence-corrected chi connectivity index (χ3v) is 4.27. The summed E-state index contributed by atoms with van der Waals surface area (Å²) in [5.41, 5.74) is 2.92. The largest absolute Gasteiger partial charge is 0.497 e. The van der Waals surface area contributed by atoms with E-state index in [0.29, 0.717) is 13.0 Å². The molecule has 1 aromatic carbocycles. The molecule has 0 aliphatic carbocycles. The van der Waals surface area contributed by atoms with Gasteiger partial charge in [-0.3, -0.25) is 9.48 Å². The van der Waals surface area contributed by atoms with Gasteiger partial charge in [0.25, 0.3) is 0 Å². The Kier molecular flexibility index (Phi) is 6.44. The van der Waals surface area contributed by atoms with Crippen LogP contribution in [0.1, 0.15) is 31.5 Å². The van der Waals surface area contributed by atoms with Gasteiger partial charge in [0.05, 0.1) is 12.8 Å². The van der Waals surface area contributed by atoms with Crippen molar-refractivity contribution < 1.29 is 9.53 Å². The number of aromatic nitrogens is 2. The van der Waals surface area contributed by atoms with Crippen LogP contribution in [-0.4, -0.2) is 40.8 Å². The van der Waals surface area contributed by atoms with Crippen molar-refractivity contribution >= 4 is 11.6 Å². The summed E-state index contributed by atoms with van der Waals surface area (Å²) in [5.74, 6) is 0.831. The van der Waals surface area contributed by atoms with Crippen molar-refractivity contribution in [3.63, 3.8) is 0 Å². The average molecular weight is 344 g/mol. The molecule has 136 valence electrons. The van der Waals surface area contributed by atoms with Gasteiger partial charge < -0.3 is 15.0 Å². The minimum absolute atomic E-state index is 0.0639. The SMILES string of the molecule is CC[C@H](Nc1cccc(OC)c1)C(=O)N(C)Cc1cn(CC)nc1C. The molecule has 1 amide bonds. The highest BCUT2D eigenvalue weighted by molar-refractivity contribution is 5.84. The van der Waals surface area contributed by atoms with Crippen molar-refractivity contribution in [3.8, 4) is 5.75 Å². The summed E-state index contributed by atoms with van der Waals surface area (Å²) >= 11 is 0. The van der Waals surface area contributed by atoms with Crippen molar-refractivity contribution in [3.05, 3.63) is 41.7 Å². The minimum atomic E-state index is -0.279. The van der Waals surface area contributed by atoms with Crippen LogP contribution in [0.25, 0.3) is 0 Å². The van der Waals surface area contributed by atoms with Gasteiger partial charge in [0.2, 0.25) is 5.91 Å². The van der Waals surface area contributed by atoms with E-state index in [-0.39, 0.29) is 11.9 Å². The molecule has 0 aliphatic heterocycles. The Morgan fingerprint density at radius 1 is 1.40 bits per heavy atom. The smallest absolute Gasteiger partial charge is 0.245 e. The van der Waals surface area contributed by atoms with Crippen molar-refractivity contribution in [2.45, 2.75) is 46.3 Å². The molecule has 0 saturated heterocycles. The molecule has 0 radical (unpaired) electrons. The fourth-order valence-corrected chi connectivity index (χ4v) is 2.73. The first kappa shape index (κ1) is 18.8. The summed E-state index contributed by atoms with van der Waals surface area (Å²) in [6.07, 6.45) is 2.71. The van der Waals surface area contributed by atoms with Crippen LogP contribution in [-0.2, 0) is 17.9 Å². The molecule has 6 nitrogen and oxygen atoms in total. The van der Waals surface area contributed by atoms with Gasteiger partial charge in [-0.2, -0.15) is 5.10 Å². The molecule has 0 aliphatic rings. The number of anilines is 1. The van der Waals surface area contributed by atoms with Crippen LogP contribution in [0.4, 0.5) is 5.69 Å². The lowest BCUT2D eigenvalue weighted by molar-refractivity contribution is -0.131. The summed E-state index contributed by atoms with van der Waals surface area (Å²) in [6, 6.07) is 7.34. The predicted molar refractivity (Wildman–Crippen MR) is 99.8 cm³/mol. The first-order chi connectivity index (χ1) is 12.0. The van der Waals surface area contributed by atoms with Crippen LogP contribution >= 0.6 is 0 Å². The molecule has 0 fully saturated rings. The second kappa shape index (κ2) is 8.55. The normalized spacial score (nSPS) is 11.9. The average Bonchev–Trinajstić information content (AvgIpc) is 2.99. The number of aryl methyl sites for hydroxylation is 2. The van der Waals surface area contributed by atoms with Crippen LogP contribution in [0.5, 0.6) is 5.75 Å². The van der Waals surface area contributed by atoms with Crippen LogP contribution in [0.2, 0.25) is 0 Å². The Morgan fingerprint density at radius 3 is 2.76 bits per heavy atom. The van der Waals surface area contributed by atoms with Crippen LogP contribution in [0, 0.1) is 6.92 Å². The van der Waals surface area contributed by atoms with E-state index in [1.54, 1.807) is 12.0 Å². The third-order valence-electron chi connectivity index (χ3n) is 4.27. The predicted octanol–water partition coefficient (Wildman–Crippen LogP) is 3.07. The highest BCUT2D eigenvalue weighted by Gasteiger charge is 2.21. The van der Waals surface area contributed by atoms with Gasteiger partial charge in [-0.1, -0.05) is 13.0 Å². The fourth-order valence-electron chi connectivity index (χ4n) is 2.73. The number of carbonyl (C=O) groups excluding carboxylic acids is 1. The number of nitrogens with zero attached hydrogens (tertiary/aromatic N) is 3. The zero-order chi connectivity index (χ0) is 18.4. The maximum Gasteiger partial charge on any atom is 0.245 e. The summed E-state index contributed by atoms with van der Waals surface area (Å²) in [5, 5.41) is 7.75. The molecular weight excluding hydrogens is 316 g/mol. The van der Waals surface area contributed by atoms with Crippen molar-refractivity contribution in [1.29, 1.82) is 0 Å². The van der Waals surface area contributed by atoms with Gasteiger partial charge in [0.1, 0.15) is 11.8 Å². The van der Waals surface area contributed by atoms with Crippen LogP contribution < -0.4 is 10.1 Å². The van der Waals surface area contributed by atoms with E-state index in [9.17, 15) is 4.79 Å². The number of ether oxygens (including phenoxy) is 1. The third kappa shape index (κ3) is 4.75. The molecule has 6 heteroatoms. The van der Waals surface area contributed by atoms with Crippen molar-refractivity contribution in [2.75, 3.05) is 19.5 Å². The topological polar surface area (TPSA) is 59.4 Å². The lowest BCUT2D eigenvalue weighted by Gasteiger charge is -2.24. The Morgan fingerprint density at radius 2 is 2.16 bits per heavy atom. The van der Waals surface area contributed by atoms with E-state index in [2.05, 4.69) is 17.3 Å². The summed E-state index contributed by atoms with van der Waals surface area (Å²) in [4.78, 5) is 14.6. The van der Waals surface area contributed by atoms with E-state index >= 15 is 0 Å². The zero-order valence-electron chi connectivity index (χ0n) is 15.7. The first-order valence-corrected chi connectivity index (χ1v) is 8.66. The molecule has 1 aromatic heterocycles. The number of benzene rings is 1. The monoisotopic (exact) mass is 344 g/mol. The number of amides is 1. The lowest BCUT2D eigenvalue weighted by atomic mass is 10.1. The fraction of sp³-hybridized carbons (Fsp3) is 0.474. The molecule has 2 rings (SSSR count). The second-order valence-electron chi connectivity index (χ2n) is 6.13. The second-order valence-corrected chi connectivity index (χ2v) is 6.13. The minimum Gasteiger partial charge on any atom is -0.497 e. The maximum absolute atomic E-state index is 12.8. The standard InChI is InChI=1S/C19H28N4O2/c1-6-18(20-16-9-8-10-17(11-16)25-5)19(24)22(4)12-15-13-23(7-2)21-14(15)3/h8-11,13,18,20H,6-7,12H2,1-5H3/t18-/m0/s1. The zero-order valence-corrected chi connectivity index (χ0v) is 15.7. The van der Waals surface area contributed by atoms with Crippen molar-refractivity contribution in [1.82, 2.24) is 14.7 Å². The molecule has 1 heterocycles. The molecule has 1 N–H and O–H groups in total. The number of hydrogen-bond acceptors (Lipinski definition) is 4. The van der Waals surface area contributed by atoms with E-state index in [0.717, 1.165) is 29.2 Å². The Labute approximate surface area is 149 Å².